The van der Waals surface area contributed by atoms with Crippen LogP contribution in [0.25, 0.3) is 0 Å². The molecule has 10 heteroatoms. The number of primary amides is 1. The van der Waals surface area contributed by atoms with E-state index in [1.54, 1.807) is 29.2 Å². The van der Waals surface area contributed by atoms with Gasteiger partial charge in [0.2, 0.25) is 5.91 Å². The van der Waals surface area contributed by atoms with Gasteiger partial charge in [-0.15, -0.1) is 0 Å². The second kappa shape index (κ2) is 9.27. The number of halogens is 2. The minimum absolute atomic E-state index is 0.0138. The van der Waals surface area contributed by atoms with Gasteiger partial charge in [-0.05, 0) is 37.1 Å². The standard InChI is InChI=1S/C19H24F2N4O4/c20-15(21)10-25(13-2-1-3-13)17(18(22)27)19(28)23-12-4-6-14(7-5-12)24-8-9-29-11-16(24)26/h4-7,13,15,17H,1-3,8-11H2,(H2,22,27)(H,23,28)/t17-/m0/s1. The van der Waals surface area contributed by atoms with Crippen LogP contribution in [0.1, 0.15) is 19.3 Å². The zero-order valence-electron chi connectivity index (χ0n) is 15.9. The largest absolute Gasteiger partial charge is 0.370 e. The third-order valence-electron chi connectivity index (χ3n) is 5.17. The predicted octanol–water partition coefficient (Wildman–Crippen LogP) is 0.962. The van der Waals surface area contributed by atoms with Crippen LogP contribution in [-0.2, 0) is 19.1 Å². The molecule has 0 bridgehead atoms. The lowest BCUT2D eigenvalue weighted by atomic mass is 9.90. The Kier molecular flexibility index (Phi) is 6.75. The molecule has 8 nitrogen and oxygen atoms in total. The van der Waals surface area contributed by atoms with Gasteiger partial charge in [-0.25, -0.2) is 8.78 Å². The second-order valence-corrected chi connectivity index (χ2v) is 7.11. The van der Waals surface area contributed by atoms with Crippen molar-refractivity contribution in [1.82, 2.24) is 4.90 Å². The van der Waals surface area contributed by atoms with Crippen LogP contribution in [0.15, 0.2) is 24.3 Å². The van der Waals surface area contributed by atoms with E-state index in [0.717, 1.165) is 6.42 Å². The first-order chi connectivity index (χ1) is 13.9. The quantitative estimate of drug-likeness (QED) is 0.621. The molecule has 29 heavy (non-hydrogen) atoms. The van der Waals surface area contributed by atoms with E-state index >= 15 is 0 Å². The lowest BCUT2D eigenvalue weighted by molar-refractivity contribution is -0.136. The third-order valence-corrected chi connectivity index (χ3v) is 5.17. The number of carbonyl (C=O) groups is 3. The fourth-order valence-corrected chi connectivity index (χ4v) is 3.51. The van der Waals surface area contributed by atoms with Crippen molar-refractivity contribution in [3.05, 3.63) is 24.3 Å². The van der Waals surface area contributed by atoms with Crippen molar-refractivity contribution in [2.45, 2.75) is 37.8 Å². The molecule has 1 aliphatic carbocycles. The van der Waals surface area contributed by atoms with Crippen molar-refractivity contribution in [1.29, 1.82) is 0 Å². The number of nitrogens with zero attached hydrogens (tertiary/aromatic N) is 2. The Morgan fingerprint density at radius 1 is 1.28 bits per heavy atom. The third kappa shape index (κ3) is 5.07. The number of amides is 3. The highest BCUT2D eigenvalue weighted by molar-refractivity contribution is 6.09. The molecule has 3 N–H and O–H groups in total. The van der Waals surface area contributed by atoms with Crippen molar-refractivity contribution in [2.24, 2.45) is 5.73 Å². The van der Waals surface area contributed by atoms with Crippen molar-refractivity contribution < 1.29 is 27.9 Å². The number of alkyl halides is 2. The van der Waals surface area contributed by atoms with Crippen LogP contribution in [0, 0.1) is 0 Å². The number of benzene rings is 1. The van der Waals surface area contributed by atoms with Crippen LogP contribution in [0.4, 0.5) is 20.2 Å². The van der Waals surface area contributed by atoms with E-state index in [1.807, 2.05) is 0 Å². The molecule has 0 unspecified atom stereocenters. The van der Waals surface area contributed by atoms with Crippen molar-refractivity contribution >= 4 is 29.1 Å². The summed E-state index contributed by atoms with van der Waals surface area (Å²) in [7, 11) is 0. The molecule has 1 saturated carbocycles. The molecule has 3 amide bonds. The van der Waals surface area contributed by atoms with Gasteiger partial charge in [-0.1, -0.05) is 6.42 Å². The van der Waals surface area contributed by atoms with Gasteiger partial charge in [0.1, 0.15) is 6.61 Å². The molecule has 0 radical (unpaired) electrons. The molecule has 3 rings (SSSR count). The van der Waals surface area contributed by atoms with Gasteiger partial charge in [0.05, 0.1) is 13.2 Å². The normalized spacial score (nSPS) is 18.6. The predicted molar refractivity (Wildman–Crippen MR) is 102 cm³/mol. The lowest BCUT2D eigenvalue weighted by Gasteiger charge is -2.40. The molecule has 0 aromatic heterocycles. The van der Waals surface area contributed by atoms with Crippen molar-refractivity contribution in [3.63, 3.8) is 0 Å². The molecule has 2 aliphatic rings. The Balaban J connectivity index is 1.70. The molecule has 1 heterocycles. The number of nitrogens with one attached hydrogen (secondary N) is 1. The average Bonchev–Trinajstić information content (AvgIpc) is 2.61. The van der Waals surface area contributed by atoms with E-state index in [-0.39, 0.29) is 18.6 Å². The zero-order chi connectivity index (χ0) is 21.0. The fourth-order valence-electron chi connectivity index (χ4n) is 3.51. The number of carbonyl (C=O) groups excluding carboxylic acids is 3. The maximum Gasteiger partial charge on any atom is 0.253 e. The number of morpholine rings is 1. The summed E-state index contributed by atoms with van der Waals surface area (Å²) in [6, 6.07) is 4.72. The van der Waals surface area contributed by atoms with Gasteiger partial charge in [-0.2, -0.15) is 0 Å². The summed E-state index contributed by atoms with van der Waals surface area (Å²) in [5.74, 6) is -1.88. The number of rotatable bonds is 8. The summed E-state index contributed by atoms with van der Waals surface area (Å²) < 4.78 is 31.1. The molecular formula is C19H24F2N4O4. The number of hydrogen-bond acceptors (Lipinski definition) is 5. The van der Waals surface area contributed by atoms with Crippen molar-refractivity contribution in [3.8, 4) is 0 Å². The molecular weight excluding hydrogens is 386 g/mol. The van der Waals surface area contributed by atoms with E-state index in [9.17, 15) is 23.2 Å². The van der Waals surface area contributed by atoms with Gasteiger partial charge < -0.3 is 20.7 Å². The Morgan fingerprint density at radius 3 is 2.48 bits per heavy atom. The highest BCUT2D eigenvalue weighted by Crippen LogP contribution is 2.28. The van der Waals surface area contributed by atoms with E-state index in [1.165, 1.54) is 4.90 Å². The highest BCUT2D eigenvalue weighted by atomic mass is 19.3. The minimum Gasteiger partial charge on any atom is -0.370 e. The van der Waals surface area contributed by atoms with Crippen LogP contribution in [-0.4, -0.2) is 67.4 Å². The first-order valence-electron chi connectivity index (χ1n) is 9.49. The van der Waals surface area contributed by atoms with Crippen LogP contribution in [0.3, 0.4) is 0 Å². The Labute approximate surface area is 167 Å². The second-order valence-electron chi connectivity index (χ2n) is 7.11. The minimum atomic E-state index is -2.68. The summed E-state index contributed by atoms with van der Waals surface area (Å²) in [6.45, 7) is 0.188. The summed E-state index contributed by atoms with van der Waals surface area (Å²) in [6.07, 6.45) is -0.535. The van der Waals surface area contributed by atoms with E-state index in [2.05, 4.69) is 5.32 Å². The Hall–Kier alpha value is -2.59. The first-order valence-corrected chi connectivity index (χ1v) is 9.49. The summed E-state index contributed by atoms with van der Waals surface area (Å²) in [5.41, 5.74) is 6.40. The fraction of sp³-hybridized carbons (Fsp3) is 0.526. The molecule has 158 valence electrons. The maximum absolute atomic E-state index is 13.0. The van der Waals surface area contributed by atoms with Crippen LogP contribution in [0.5, 0.6) is 0 Å². The molecule has 2 fully saturated rings. The zero-order valence-corrected chi connectivity index (χ0v) is 15.9. The van der Waals surface area contributed by atoms with Gasteiger partial charge in [-0.3, -0.25) is 19.3 Å². The van der Waals surface area contributed by atoms with Crippen LogP contribution in [0.2, 0.25) is 0 Å². The van der Waals surface area contributed by atoms with E-state index in [0.29, 0.717) is 37.4 Å². The number of hydrogen-bond donors (Lipinski definition) is 2. The number of anilines is 2. The highest BCUT2D eigenvalue weighted by Gasteiger charge is 2.39. The summed E-state index contributed by atoms with van der Waals surface area (Å²) in [4.78, 5) is 39.3. The van der Waals surface area contributed by atoms with Gasteiger partial charge in [0, 0.05) is 24.0 Å². The topological polar surface area (TPSA) is 105 Å². The maximum atomic E-state index is 13.0. The average molecular weight is 410 g/mol. The van der Waals surface area contributed by atoms with Gasteiger partial charge >= 0.3 is 0 Å². The molecule has 1 aromatic carbocycles. The molecule has 1 aliphatic heterocycles. The molecule has 0 spiro atoms. The number of nitrogens with two attached hydrogens (primary N) is 1. The molecule has 1 saturated heterocycles. The van der Waals surface area contributed by atoms with Gasteiger partial charge in [0.15, 0.2) is 6.04 Å². The SMILES string of the molecule is NC(=O)[C@@H](C(=O)Nc1ccc(N2CCOCC2=O)cc1)N(CC(F)F)C1CCC1. The van der Waals surface area contributed by atoms with Crippen LogP contribution < -0.4 is 16.0 Å². The summed E-state index contributed by atoms with van der Waals surface area (Å²) >= 11 is 0. The Morgan fingerprint density at radius 2 is 1.97 bits per heavy atom. The van der Waals surface area contributed by atoms with E-state index in [4.69, 9.17) is 10.5 Å². The van der Waals surface area contributed by atoms with E-state index < -0.39 is 30.8 Å². The monoisotopic (exact) mass is 410 g/mol. The van der Waals surface area contributed by atoms with Gasteiger partial charge in [0.25, 0.3) is 18.2 Å². The molecule has 1 atom stereocenters. The van der Waals surface area contributed by atoms with Crippen LogP contribution >= 0.6 is 0 Å². The lowest BCUT2D eigenvalue weighted by Crippen LogP contribution is -2.58. The summed E-state index contributed by atoms with van der Waals surface area (Å²) in [5, 5.41) is 2.57. The Bertz CT molecular complexity index is 755. The smallest absolute Gasteiger partial charge is 0.253 e. The van der Waals surface area contributed by atoms with Crippen molar-refractivity contribution in [2.75, 3.05) is 36.5 Å². The number of ether oxygens (including phenoxy) is 1. The molecule has 1 aromatic rings. The first kappa shape index (κ1) is 21.1.